The maximum atomic E-state index is 10.9. The number of sulfonamides is 1. The highest BCUT2D eigenvalue weighted by molar-refractivity contribution is 7.99. The molecule has 0 fully saturated rings. The van der Waals surface area contributed by atoms with Gasteiger partial charge in [-0.1, -0.05) is 32.4 Å². The molecule has 1 N–H and O–H groups in total. The number of amides is 1. The molecule has 6 heteroatoms. The number of hydrogen-bond donors (Lipinski definition) is 2. The summed E-state index contributed by atoms with van der Waals surface area (Å²) >= 11 is 3.31. The second-order valence-corrected chi connectivity index (χ2v) is 4.68. The van der Waals surface area contributed by atoms with Crippen LogP contribution in [0.3, 0.4) is 0 Å². The Morgan fingerprint density at radius 3 is 2.42 bits per heavy atom. The van der Waals surface area contributed by atoms with Crippen LogP contribution in [0.25, 0.3) is 0 Å². The van der Waals surface area contributed by atoms with Crippen molar-refractivity contribution in [2.75, 3.05) is 5.75 Å². The number of nitrogens with one attached hydrogen (secondary N) is 1. The van der Waals surface area contributed by atoms with Crippen molar-refractivity contribution in [1.29, 1.82) is 0 Å². The van der Waals surface area contributed by atoms with Crippen LogP contribution in [0, 0.1) is 0 Å². The normalized spacial score (nSPS) is 11.2. The van der Waals surface area contributed by atoms with Crippen LogP contribution < -0.4 is 4.72 Å². The molecule has 4 nitrogen and oxygen atoms in total. The van der Waals surface area contributed by atoms with Gasteiger partial charge in [0.25, 0.3) is 5.24 Å². The van der Waals surface area contributed by atoms with E-state index in [2.05, 4.69) is 12.6 Å². The van der Waals surface area contributed by atoms with Crippen LogP contribution in [0.4, 0.5) is 4.79 Å². The number of unbranched alkanes of at least 4 members (excludes halogenated alkanes) is 2. The quantitative estimate of drug-likeness (QED) is 0.529. The number of carbonyl (C=O) groups excluding carboxylic acids is 1. The van der Waals surface area contributed by atoms with Gasteiger partial charge in [-0.25, -0.2) is 13.1 Å². The van der Waals surface area contributed by atoms with Crippen LogP contribution >= 0.6 is 12.6 Å². The Morgan fingerprint density at radius 1 is 1.42 bits per heavy atom. The lowest BCUT2D eigenvalue weighted by Gasteiger charge is -2.02. The van der Waals surface area contributed by atoms with Crippen molar-refractivity contribution in [2.45, 2.75) is 26.2 Å². The van der Waals surface area contributed by atoms with E-state index in [1.807, 2.05) is 6.92 Å². The van der Waals surface area contributed by atoms with Crippen molar-refractivity contribution < 1.29 is 13.2 Å². The Morgan fingerprint density at radius 2 is 2.00 bits per heavy atom. The fraction of sp³-hybridized carbons (Fsp3) is 0.833. The SMILES string of the molecule is CCCCCS(=O)(=O)NC(=O)S. The van der Waals surface area contributed by atoms with Gasteiger partial charge in [0.2, 0.25) is 10.0 Å². The molecule has 0 aliphatic carbocycles. The van der Waals surface area contributed by atoms with Crippen LogP contribution in [-0.2, 0) is 10.0 Å². The summed E-state index contributed by atoms with van der Waals surface area (Å²) in [6, 6.07) is 0. The van der Waals surface area contributed by atoms with Crippen molar-refractivity contribution in [3.05, 3.63) is 0 Å². The lowest BCUT2D eigenvalue weighted by atomic mass is 10.3. The van der Waals surface area contributed by atoms with Crippen LogP contribution in [0.1, 0.15) is 26.2 Å². The van der Waals surface area contributed by atoms with E-state index in [-0.39, 0.29) is 5.75 Å². The summed E-state index contributed by atoms with van der Waals surface area (Å²) in [7, 11) is -3.43. The van der Waals surface area contributed by atoms with Crippen LogP contribution in [0.15, 0.2) is 0 Å². The molecule has 0 heterocycles. The zero-order valence-electron chi connectivity index (χ0n) is 6.91. The predicted molar refractivity (Wildman–Crippen MR) is 50.8 cm³/mol. The molecule has 0 aliphatic rings. The minimum Gasteiger partial charge on any atom is -0.261 e. The van der Waals surface area contributed by atoms with Crippen LogP contribution in [0.2, 0.25) is 0 Å². The van der Waals surface area contributed by atoms with Gasteiger partial charge >= 0.3 is 0 Å². The molecule has 0 bridgehead atoms. The van der Waals surface area contributed by atoms with Crippen molar-refractivity contribution >= 4 is 27.9 Å². The van der Waals surface area contributed by atoms with E-state index in [1.54, 1.807) is 4.72 Å². The first-order valence-corrected chi connectivity index (χ1v) is 5.81. The molecule has 0 radical (unpaired) electrons. The third-order valence-electron chi connectivity index (χ3n) is 1.26. The fourth-order valence-electron chi connectivity index (χ4n) is 0.726. The van der Waals surface area contributed by atoms with Gasteiger partial charge in [0.1, 0.15) is 0 Å². The Hall–Kier alpha value is -0.230. The Bertz CT molecular complexity index is 235. The van der Waals surface area contributed by atoms with Gasteiger partial charge in [0.05, 0.1) is 5.75 Å². The first kappa shape index (κ1) is 11.8. The van der Waals surface area contributed by atoms with Crippen molar-refractivity contribution in [1.82, 2.24) is 4.72 Å². The largest absolute Gasteiger partial charge is 0.289 e. The third kappa shape index (κ3) is 6.48. The second-order valence-electron chi connectivity index (χ2n) is 2.43. The summed E-state index contributed by atoms with van der Waals surface area (Å²) in [5.74, 6) is -0.00681. The molecule has 0 aromatic heterocycles. The maximum Gasteiger partial charge on any atom is 0.289 e. The number of hydrogen-bond acceptors (Lipinski definition) is 3. The highest BCUT2D eigenvalue weighted by Crippen LogP contribution is 1.98. The molecule has 12 heavy (non-hydrogen) atoms. The molecule has 0 aromatic carbocycles. The number of carbonyl (C=O) groups is 1. The van der Waals surface area contributed by atoms with Crippen molar-refractivity contribution in [3.63, 3.8) is 0 Å². The Kier molecular flexibility index (Phi) is 5.32. The molecular weight excluding hydrogens is 198 g/mol. The Labute approximate surface area is 78.2 Å². The molecule has 0 saturated carbocycles. The van der Waals surface area contributed by atoms with Gasteiger partial charge < -0.3 is 0 Å². The monoisotopic (exact) mass is 211 g/mol. The lowest BCUT2D eigenvalue weighted by Crippen LogP contribution is -2.28. The molecule has 0 atom stereocenters. The van der Waals surface area contributed by atoms with E-state index in [0.29, 0.717) is 6.42 Å². The zero-order valence-corrected chi connectivity index (χ0v) is 8.62. The van der Waals surface area contributed by atoms with Gasteiger partial charge in [-0.3, -0.25) is 4.79 Å². The minimum absolute atomic E-state index is 0.00681. The molecule has 0 saturated heterocycles. The first-order valence-electron chi connectivity index (χ1n) is 3.71. The van der Waals surface area contributed by atoms with Crippen LogP contribution in [0.5, 0.6) is 0 Å². The van der Waals surface area contributed by atoms with E-state index in [9.17, 15) is 13.2 Å². The van der Waals surface area contributed by atoms with E-state index in [1.165, 1.54) is 0 Å². The average Bonchev–Trinajstić information content (AvgIpc) is 1.84. The molecule has 0 spiro atoms. The van der Waals surface area contributed by atoms with Crippen molar-refractivity contribution in [3.8, 4) is 0 Å². The standard InChI is InChI=1S/C6H13NO3S2/c1-2-3-4-5-12(9,10)7-6(8)11/h2-5H2,1H3,(H2,7,8,11). The highest BCUT2D eigenvalue weighted by atomic mass is 32.2. The molecule has 0 unspecified atom stereocenters. The summed E-state index contributed by atoms with van der Waals surface area (Å²) in [6.45, 7) is 1.98. The topological polar surface area (TPSA) is 63.2 Å². The van der Waals surface area contributed by atoms with Gasteiger partial charge in [0, 0.05) is 0 Å². The zero-order chi connectivity index (χ0) is 9.61. The molecule has 72 valence electrons. The molecule has 0 aliphatic heterocycles. The first-order chi connectivity index (χ1) is 5.48. The summed E-state index contributed by atoms with van der Waals surface area (Å²) in [5.41, 5.74) is 0. The number of rotatable bonds is 5. The molecule has 0 aromatic rings. The Balaban J connectivity index is 3.81. The van der Waals surface area contributed by atoms with Gasteiger partial charge in [0.15, 0.2) is 0 Å². The highest BCUT2D eigenvalue weighted by Gasteiger charge is 2.10. The lowest BCUT2D eigenvalue weighted by molar-refractivity contribution is 0.265. The summed E-state index contributed by atoms with van der Waals surface area (Å²) < 4.78 is 23.6. The maximum absolute atomic E-state index is 10.9. The number of thiol groups is 1. The third-order valence-corrected chi connectivity index (χ3v) is 2.85. The average molecular weight is 211 g/mol. The van der Waals surface area contributed by atoms with Gasteiger partial charge in [-0.15, -0.1) is 0 Å². The van der Waals surface area contributed by atoms with Crippen molar-refractivity contribution in [2.24, 2.45) is 0 Å². The summed E-state index contributed by atoms with van der Waals surface area (Å²) in [6.07, 6.45) is 2.37. The van der Waals surface area contributed by atoms with E-state index in [4.69, 9.17) is 0 Å². The van der Waals surface area contributed by atoms with Gasteiger partial charge in [-0.05, 0) is 6.42 Å². The summed E-state index contributed by atoms with van der Waals surface area (Å²) in [5, 5.41) is -0.827. The molecule has 0 rings (SSSR count). The van der Waals surface area contributed by atoms with E-state index in [0.717, 1.165) is 12.8 Å². The van der Waals surface area contributed by atoms with Crippen LogP contribution in [-0.4, -0.2) is 19.4 Å². The smallest absolute Gasteiger partial charge is 0.261 e. The predicted octanol–water partition coefficient (Wildman–Crippen LogP) is 1.15. The summed E-state index contributed by atoms with van der Waals surface area (Å²) in [4.78, 5) is 10.3. The van der Waals surface area contributed by atoms with E-state index >= 15 is 0 Å². The van der Waals surface area contributed by atoms with E-state index < -0.39 is 15.3 Å². The minimum atomic E-state index is -3.43. The molecular formula is C6H13NO3S2. The molecule has 1 amide bonds. The second kappa shape index (κ2) is 5.42. The van der Waals surface area contributed by atoms with Gasteiger partial charge in [-0.2, -0.15) is 0 Å². The fourth-order valence-corrected chi connectivity index (χ4v) is 2.10.